The minimum absolute atomic E-state index is 0.466. The van der Waals surface area contributed by atoms with Gasteiger partial charge in [-0.2, -0.15) is 0 Å². The van der Waals surface area contributed by atoms with Crippen LogP contribution in [0.4, 0.5) is 0 Å². The van der Waals surface area contributed by atoms with Gasteiger partial charge in [0.2, 0.25) is 0 Å². The van der Waals surface area contributed by atoms with Crippen LogP contribution in [0.1, 0.15) is 93.9 Å². The number of pyridine rings is 1. The third-order valence-corrected chi connectivity index (χ3v) is 5.84. The van der Waals surface area contributed by atoms with Crippen LogP contribution in [-0.4, -0.2) is 23.0 Å². The van der Waals surface area contributed by atoms with E-state index in [9.17, 15) is 0 Å². The molecule has 2 heteroatoms. The Balaban J connectivity index is 2.81. The molecule has 0 aliphatic carbocycles. The van der Waals surface area contributed by atoms with Crippen molar-refractivity contribution >= 4 is 0 Å². The Morgan fingerprint density at radius 2 is 1.64 bits per heavy atom. The first kappa shape index (κ1) is 17.5. The van der Waals surface area contributed by atoms with Gasteiger partial charge in [0.15, 0.2) is 0 Å². The second kappa shape index (κ2) is 6.31. The zero-order valence-corrected chi connectivity index (χ0v) is 16.0. The van der Waals surface area contributed by atoms with Crippen LogP contribution in [0.15, 0.2) is 0 Å². The van der Waals surface area contributed by atoms with Crippen molar-refractivity contribution in [3.05, 3.63) is 28.1 Å². The topological polar surface area (TPSA) is 16.1 Å². The lowest BCUT2D eigenvalue weighted by Gasteiger charge is -2.30. The van der Waals surface area contributed by atoms with Gasteiger partial charge in [-0.05, 0) is 75.6 Å². The van der Waals surface area contributed by atoms with Gasteiger partial charge in [-0.1, -0.05) is 27.7 Å². The van der Waals surface area contributed by atoms with Crippen LogP contribution >= 0.6 is 0 Å². The van der Waals surface area contributed by atoms with Crippen molar-refractivity contribution in [2.24, 2.45) is 5.92 Å². The molecule has 1 aliphatic rings. The van der Waals surface area contributed by atoms with Crippen LogP contribution in [0.5, 0.6) is 0 Å². The Bertz CT molecular complexity index is 545. The summed E-state index contributed by atoms with van der Waals surface area (Å²) in [5.41, 5.74) is 7.07. The SMILES string of the molecule is Cc1nc(C(C)C)c2c(c1C)[C@@H](C)N(C)[C@@H](C)CC2C(C)C. The van der Waals surface area contributed by atoms with Crippen molar-refractivity contribution in [1.29, 1.82) is 0 Å². The number of nitrogens with zero attached hydrogens (tertiary/aromatic N) is 2. The Morgan fingerprint density at radius 1 is 1.05 bits per heavy atom. The summed E-state index contributed by atoms with van der Waals surface area (Å²) in [4.78, 5) is 7.58. The molecule has 0 fully saturated rings. The molecule has 0 bridgehead atoms. The van der Waals surface area contributed by atoms with Crippen LogP contribution in [0.3, 0.4) is 0 Å². The Labute approximate surface area is 137 Å². The molecule has 0 aromatic carbocycles. The standard InChI is InChI=1S/C20H34N2/c1-11(2)17-10-13(5)22(9)16(8)18-14(6)15(7)21-20(12(3)4)19(17)18/h11-13,16-17H,10H2,1-9H3/t13-,16+,17?/m0/s1. The smallest absolute Gasteiger partial charge is 0.0470 e. The Morgan fingerprint density at radius 3 is 2.14 bits per heavy atom. The van der Waals surface area contributed by atoms with E-state index in [0.29, 0.717) is 29.8 Å². The first-order valence-electron chi connectivity index (χ1n) is 8.89. The number of hydrogen-bond acceptors (Lipinski definition) is 2. The van der Waals surface area contributed by atoms with Crippen molar-refractivity contribution in [1.82, 2.24) is 9.88 Å². The largest absolute Gasteiger partial charge is 0.297 e. The van der Waals surface area contributed by atoms with Crippen LogP contribution in [-0.2, 0) is 0 Å². The van der Waals surface area contributed by atoms with E-state index in [4.69, 9.17) is 4.98 Å². The normalized spacial score (nSPS) is 26.4. The summed E-state index contributed by atoms with van der Waals surface area (Å²) in [6.07, 6.45) is 1.23. The molecule has 0 spiro atoms. The van der Waals surface area contributed by atoms with Crippen molar-refractivity contribution in [3.8, 4) is 0 Å². The quantitative estimate of drug-likeness (QED) is 0.732. The van der Waals surface area contributed by atoms with E-state index in [1.807, 2.05) is 0 Å². The fourth-order valence-corrected chi connectivity index (χ4v) is 4.07. The highest BCUT2D eigenvalue weighted by Gasteiger charge is 2.35. The molecule has 0 N–H and O–H groups in total. The molecule has 3 atom stereocenters. The highest BCUT2D eigenvalue weighted by Crippen LogP contribution is 2.44. The van der Waals surface area contributed by atoms with Gasteiger partial charge in [-0.25, -0.2) is 0 Å². The number of hydrogen-bond donors (Lipinski definition) is 0. The van der Waals surface area contributed by atoms with Gasteiger partial charge in [0.25, 0.3) is 0 Å². The summed E-state index contributed by atoms with van der Waals surface area (Å²) >= 11 is 0. The van der Waals surface area contributed by atoms with E-state index in [1.54, 1.807) is 11.1 Å². The first-order valence-corrected chi connectivity index (χ1v) is 8.89. The van der Waals surface area contributed by atoms with Crippen molar-refractivity contribution in [2.45, 2.75) is 85.7 Å². The summed E-state index contributed by atoms with van der Waals surface area (Å²) in [6, 6.07) is 1.07. The Kier molecular flexibility index (Phi) is 5.01. The van der Waals surface area contributed by atoms with Crippen LogP contribution in [0.2, 0.25) is 0 Å². The predicted molar refractivity (Wildman–Crippen MR) is 95.6 cm³/mol. The number of rotatable bonds is 2. The monoisotopic (exact) mass is 302 g/mol. The lowest BCUT2D eigenvalue weighted by atomic mass is 9.78. The van der Waals surface area contributed by atoms with E-state index < -0.39 is 0 Å². The molecular weight excluding hydrogens is 268 g/mol. The maximum atomic E-state index is 5.03. The van der Waals surface area contributed by atoms with E-state index in [2.05, 4.69) is 67.3 Å². The molecule has 22 heavy (non-hydrogen) atoms. The van der Waals surface area contributed by atoms with Gasteiger partial charge in [-0.3, -0.25) is 9.88 Å². The van der Waals surface area contributed by atoms with Gasteiger partial charge < -0.3 is 0 Å². The third-order valence-electron chi connectivity index (χ3n) is 5.84. The van der Waals surface area contributed by atoms with Crippen molar-refractivity contribution in [2.75, 3.05) is 7.05 Å². The molecule has 1 unspecified atom stereocenters. The molecule has 0 saturated heterocycles. The summed E-state index contributed by atoms with van der Waals surface area (Å²) < 4.78 is 0. The minimum atomic E-state index is 0.466. The van der Waals surface area contributed by atoms with Crippen molar-refractivity contribution < 1.29 is 0 Å². The van der Waals surface area contributed by atoms with Crippen LogP contribution in [0, 0.1) is 19.8 Å². The lowest BCUT2D eigenvalue weighted by molar-refractivity contribution is 0.186. The first-order chi connectivity index (χ1) is 10.2. The van der Waals surface area contributed by atoms with E-state index in [-0.39, 0.29) is 0 Å². The molecule has 0 radical (unpaired) electrons. The molecule has 1 aromatic rings. The zero-order valence-electron chi connectivity index (χ0n) is 16.0. The van der Waals surface area contributed by atoms with Crippen LogP contribution < -0.4 is 0 Å². The molecule has 1 aromatic heterocycles. The summed E-state index contributed by atoms with van der Waals surface area (Å²) in [5.74, 6) is 1.75. The summed E-state index contributed by atoms with van der Waals surface area (Å²) in [5, 5.41) is 0. The summed E-state index contributed by atoms with van der Waals surface area (Å²) in [6.45, 7) is 18.5. The fourth-order valence-electron chi connectivity index (χ4n) is 4.07. The summed E-state index contributed by atoms with van der Waals surface area (Å²) in [7, 11) is 2.28. The zero-order chi connectivity index (χ0) is 16.8. The highest BCUT2D eigenvalue weighted by molar-refractivity contribution is 5.46. The molecular formula is C20H34N2. The van der Waals surface area contributed by atoms with Gasteiger partial charge in [0, 0.05) is 23.5 Å². The molecule has 0 saturated carbocycles. The molecule has 124 valence electrons. The average Bonchev–Trinajstić information content (AvgIpc) is 2.53. The fraction of sp³-hybridized carbons (Fsp3) is 0.750. The molecule has 2 rings (SSSR count). The van der Waals surface area contributed by atoms with E-state index in [0.717, 1.165) is 0 Å². The average molecular weight is 303 g/mol. The van der Waals surface area contributed by atoms with E-state index in [1.165, 1.54) is 23.4 Å². The maximum Gasteiger partial charge on any atom is 0.0470 e. The minimum Gasteiger partial charge on any atom is -0.297 e. The van der Waals surface area contributed by atoms with Gasteiger partial charge in [0.05, 0.1) is 0 Å². The Hall–Kier alpha value is -0.890. The predicted octanol–water partition coefficient (Wildman–Crippen LogP) is 5.35. The van der Waals surface area contributed by atoms with Crippen LogP contribution in [0.25, 0.3) is 0 Å². The van der Waals surface area contributed by atoms with Gasteiger partial charge in [0.1, 0.15) is 0 Å². The van der Waals surface area contributed by atoms with Gasteiger partial charge >= 0.3 is 0 Å². The molecule has 2 heterocycles. The number of aromatic nitrogens is 1. The second-order valence-electron chi connectivity index (χ2n) is 7.97. The third kappa shape index (κ3) is 2.82. The molecule has 1 aliphatic heterocycles. The highest BCUT2D eigenvalue weighted by atomic mass is 15.2. The van der Waals surface area contributed by atoms with E-state index >= 15 is 0 Å². The van der Waals surface area contributed by atoms with Gasteiger partial charge in [-0.15, -0.1) is 0 Å². The van der Waals surface area contributed by atoms with Crippen molar-refractivity contribution in [3.63, 3.8) is 0 Å². The second-order valence-corrected chi connectivity index (χ2v) is 7.97. The number of fused-ring (bicyclic) bond motifs is 1. The lowest BCUT2D eigenvalue weighted by Crippen LogP contribution is -2.31. The maximum absolute atomic E-state index is 5.03. The molecule has 2 nitrogen and oxygen atoms in total. The molecule has 0 amide bonds. The number of aryl methyl sites for hydroxylation is 1.